The second-order valence-corrected chi connectivity index (χ2v) is 8.29. The van der Waals surface area contributed by atoms with E-state index >= 15 is 0 Å². The molecule has 9 nitrogen and oxygen atoms in total. The average molecular weight is 486 g/mol. The van der Waals surface area contributed by atoms with Crippen LogP contribution in [0.1, 0.15) is 72.7 Å². The van der Waals surface area contributed by atoms with Crippen LogP contribution in [0.15, 0.2) is 60.7 Å². The number of benzene rings is 3. The Labute approximate surface area is 206 Å². The van der Waals surface area contributed by atoms with Crippen molar-refractivity contribution in [2.45, 2.75) is 26.3 Å². The third kappa shape index (κ3) is 4.50. The van der Waals surface area contributed by atoms with Crippen molar-refractivity contribution in [2.75, 3.05) is 6.61 Å². The molecular formula is C27H22N2O7. The van der Waals surface area contributed by atoms with E-state index in [1.807, 2.05) is 19.1 Å². The zero-order valence-electron chi connectivity index (χ0n) is 19.6. The monoisotopic (exact) mass is 486 g/mol. The van der Waals surface area contributed by atoms with Gasteiger partial charge in [0.25, 0.3) is 11.6 Å². The number of carbonyl (C=O) groups is 4. The van der Waals surface area contributed by atoms with Crippen molar-refractivity contribution in [3.63, 3.8) is 0 Å². The highest BCUT2D eigenvalue weighted by Gasteiger charge is 2.39. The van der Waals surface area contributed by atoms with Gasteiger partial charge in [0.2, 0.25) is 5.78 Å². The molecule has 0 bridgehead atoms. The smallest absolute Gasteiger partial charge is 0.308 e. The number of hydrogen-bond donors (Lipinski definition) is 1. The van der Waals surface area contributed by atoms with E-state index in [1.54, 1.807) is 31.2 Å². The molecule has 1 aliphatic rings. The van der Waals surface area contributed by atoms with E-state index in [9.17, 15) is 29.3 Å². The van der Waals surface area contributed by atoms with Crippen molar-refractivity contribution < 1.29 is 28.8 Å². The first-order chi connectivity index (χ1) is 17.2. The molecule has 1 amide bonds. The molecule has 0 fully saturated rings. The third-order valence-electron chi connectivity index (χ3n) is 5.95. The van der Waals surface area contributed by atoms with Gasteiger partial charge in [-0.3, -0.25) is 29.3 Å². The molecule has 3 aromatic rings. The van der Waals surface area contributed by atoms with Crippen molar-refractivity contribution in [3.8, 4) is 0 Å². The number of nitro groups is 1. The topological polar surface area (TPSA) is 133 Å². The van der Waals surface area contributed by atoms with Crippen molar-refractivity contribution in [1.82, 2.24) is 5.32 Å². The molecule has 0 spiro atoms. The lowest BCUT2D eigenvalue weighted by molar-refractivity contribution is -0.385. The summed E-state index contributed by atoms with van der Waals surface area (Å²) >= 11 is 0. The highest BCUT2D eigenvalue weighted by Crippen LogP contribution is 2.36. The predicted molar refractivity (Wildman–Crippen MR) is 129 cm³/mol. The molecule has 1 N–H and O–H groups in total. The summed E-state index contributed by atoms with van der Waals surface area (Å²) in [4.78, 5) is 63.0. The van der Waals surface area contributed by atoms with E-state index < -0.39 is 45.7 Å². The maximum absolute atomic E-state index is 13.3. The summed E-state index contributed by atoms with van der Waals surface area (Å²) < 4.78 is 5.02. The zero-order chi connectivity index (χ0) is 26.0. The summed E-state index contributed by atoms with van der Waals surface area (Å²) in [6.45, 7) is 3.70. The lowest BCUT2D eigenvalue weighted by Gasteiger charge is -2.21. The van der Waals surface area contributed by atoms with Crippen LogP contribution in [0.2, 0.25) is 0 Å². The largest absolute Gasteiger partial charge is 0.466 e. The molecule has 3 aromatic carbocycles. The lowest BCUT2D eigenvalue weighted by Crippen LogP contribution is -2.32. The number of ether oxygens (including phenoxy) is 1. The molecule has 0 unspecified atom stereocenters. The number of rotatable bonds is 7. The molecule has 0 saturated heterocycles. The van der Waals surface area contributed by atoms with E-state index in [0.29, 0.717) is 5.56 Å². The van der Waals surface area contributed by atoms with Gasteiger partial charge in [0.15, 0.2) is 5.78 Å². The molecule has 4 rings (SSSR count). The van der Waals surface area contributed by atoms with Crippen LogP contribution in [-0.2, 0) is 9.53 Å². The molecule has 0 heterocycles. The second kappa shape index (κ2) is 9.91. The second-order valence-electron chi connectivity index (χ2n) is 8.29. The van der Waals surface area contributed by atoms with Crippen LogP contribution in [0.5, 0.6) is 0 Å². The van der Waals surface area contributed by atoms with Crippen molar-refractivity contribution in [2.24, 2.45) is 0 Å². The standard InChI is InChI=1S/C27H22N2O7/c1-3-36-22(30)14-21(16-10-8-15(2)9-11-16)28-27(33)20-13-12-19-23(24(20)29(34)35)26(32)18-7-5-4-6-17(18)25(19)31/h4-13,21H,3,14H2,1-2H3,(H,28,33)/t21-/m1/s1. The van der Waals surface area contributed by atoms with Gasteiger partial charge in [-0.25, -0.2) is 0 Å². The molecule has 182 valence electrons. The van der Waals surface area contributed by atoms with Crippen LogP contribution in [0.25, 0.3) is 0 Å². The van der Waals surface area contributed by atoms with Gasteiger partial charge in [-0.2, -0.15) is 0 Å². The fraction of sp³-hybridized carbons (Fsp3) is 0.185. The number of aryl methyl sites for hydroxylation is 1. The van der Waals surface area contributed by atoms with Gasteiger partial charge >= 0.3 is 5.97 Å². The van der Waals surface area contributed by atoms with Gasteiger partial charge in [0.05, 0.1) is 24.0 Å². The first kappa shape index (κ1) is 24.5. The summed E-state index contributed by atoms with van der Waals surface area (Å²) in [7, 11) is 0. The Bertz CT molecular complexity index is 1410. The van der Waals surface area contributed by atoms with Gasteiger partial charge in [-0.1, -0.05) is 54.1 Å². The fourth-order valence-electron chi connectivity index (χ4n) is 4.22. The molecule has 0 aromatic heterocycles. The molecule has 1 aliphatic carbocycles. The van der Waals surface area contributed by atoms with Crippen molar-refractivity contribution in [1.29, 1.82) is 0 Å². The van der Waals surface area contributed by atoms with Gasteiger partial charge < -0.3 is 10.1 Å². The number of nitrogens with zero attached hydrogens (tertiary/aromatic N) is 1. The van der Waals surface area contributed by atoms with Crippen LogP contribution in [-0.4, -0.2) is 35.0 Å². The Morgan fingerprint density at radius 1 is 0.944 bits per heavy atom. The maximum Gasteiger partial charge on any atom is 0.308 e. The number of ketones is 2. The normalized spacial score (nSPS) is 12.8. The number of carbonyl (C=O) groups excluding carboxylic acids is 4. The molecular weight excluding hydrogens is 464 g/mol. The number of nitro benzene ring substituents is 1. The highest BCUT2D eigenvalue weighted by molar-refractivity contribution is 6.30. The van der Waals surface area contributed by atoms with Crippen molar-refractivity contribution in [3.05, 3.63) is 110 Å². The first-order valence-electron chi connectivity index (χ1n) is 11.3. The van der Waals surface area contributed by atoms with E-state index in [1.165, 1.54) is 18.2 Å². The SMILES string of the molecule is CCOC(=O)C[C@@H](NC(=O)c1ccc2c(c1[N+](=O)[O-])C(=O)c1ccccc1C2=O)c1ccc(C)cc1. The average Bonchev–Trinajstić information content (AvgIpc) is 2.86. The quantitative estimate of drug-likeness (QED) is 0.236. The first-order valence-corrected chi connectivity index (χ1v) is 11.3. The molecule has 1 atom stereocenters. The zero-order valence-corrected chi connectivity index (χ0v) is 19.6. The third-order valence-corrected chi connectivity index (χ3v) is 5.95. The van der Waals surface area contributed by atoms with E-state index in [2.05, 4.69) is 5.32 Å². The summed E-state index contributed by atoms with van der Waals surface area (Å²) in [5.74, 6) is -2.66. The van der Waals surface area contributed by atoms with Crippen molar-refractivity contribution >= 4 is 29.1 Å². The van der Waals surface area contributed by atoms with Crippen LogP contribution < -0.4 is 5.32 Å². The highest BCUT2D eigenvalue weighted by atomic mass is 16.6. The molecule has 0 aliphatic heterocycles. The Hall–Kier alpha value is -4.66. The Kier molecular flexibility index (Phi) is 6.73. The number of fused-ring (bicyclic) bond motifs is 2. The van der Waals surface area contributed by atoms with Crippen LogP contribution >= 0.6 is 0 Å². The molecule has 0 saturated carbocycles. The lowest BCUT2D eigenvalue weighted by atomic mass is 9.82. The molecule has 0 radical (unpaired) electrons. The van der Waals surface area contributed by atoms with Gasteiger partial charge in [0, 0.05) is 16.7 Å². The van der Waals surface area contributed by atoms with Gasteiger partial charge in [-0.05, 0) is 31.5 Å². The Morgan fingerprint density at radius 2 is 1.58 bits per heavy atom. The summed E-state index contributed by atoms with van der Waals surface area (Å²) in [6, 6.07) is 14.7. The predicted octanol–water partition coefficient (Wildman–Crippen LogP) is 4.10. The minimum atomic E-state index is -0.863. The minimum Gasteiger partial charge on any atom is -0.466 e. The number of hydrogen-bond acceptors (Lipinski definition) is 7. The summed E-state index contributed by atoms with van der Waals surface area (Å²) in [5, 5.41) is 14.8. The molecule has 36 heavy (non-hydrogen) atoms. The Morgan fingerprint density at radius 3 is 2.19 bits per heavy atom. The number of nitrogens with one attached hydrogen (secondary N) is 1. The maximum atomic E-state index is 13.3. The van der Waals surface area contributed by atoms with Crippen LogP contribution in [0.4, 0.5) is 5.69 Å². The van der Waals surface area contributed by atoms with Gasteiger partial charge in [-0.15, -0.1) is 0 Å². The van der Waals surface area contributed by atoms with Crippen LogP contribution in [0, 0.1) is 17.0 Å². The van der Waals surface area contributed by atoms with Gasteiger partial charge in [0.1, 0.15) is 11.1 Å². The Balaban J connectivity index is 1.76. The number of amides is 1. The minimum absolute atomic E-state index is 0.0375. The number of esters is 1. The van der Waals surface area contributed by atoms with E-state index in [0.717, 1.165) is 11.6 Å². The fourth-order valence-corrected chi connectivity index (χ4v) is 4.22. The van der Waals surface area contributed by atoms with E-state index in [-0.39, 0.29) is 35.3 Å². The molecule has 9 heteroatoms. The summed E-state index contributed by atoms with van der Waals surface area (Å²) in [5.41, 5.74) is 0.0523. The van der Waals surface area contributed by atoms with Crippen LogP contribution in [0.3, 0.4) is 0 Å². The summed E-state index contributed by atoms with van der Waals surface area (Å²) in [6.07, 6.45) is -0.202. The van der Waals surface area contributed by atoms with E-state index in [4.69, 9.17) is 4.74 Å².